The number of rotatable bonds is 11. The van der Waals surface area contributed by atoms with E-state index in [1.807, 2.05) is 0 Å². The highest BCUT2D eigenvalue weighted by Gasteiger charge is 2.38. The molecular weight excluding hydrogens is 416 g/mol. The minimum atomic E-state index is -1.27. The number of carbonyl (C=O) groups excluding carboxylic acids is 3. The molecule has 0 radical (unpaired) electrons. The molecule has 0 spiro atoms. The third-order valence-electron chi connectivity index (χ3n) is 5.14. The Morgan fingerprint density at radius 1 is 1.20 bits per heavy atom. The molecule has 1 saturated heterocycles. The maximum atomic E-state index is 12.7. The predicted molar refractivity (Wildman–Crippen MR) is 110 cm³/mol. The van der Waals surface area contributed by atoms with Gasteiger partial charge in [0.05, 0.1) is 12.5 Å². The molecule has 0 aromatic heterocycles. The van der Waals surface area contributed by atoms with Crippen molar-refractivity contribution in [3.8, 4) is 0 Å². The summed E-state index contributed by atoms with van der Waals surface area (Å²) in [5, 5.41) is 23.1. The standard InChI is InChI=1S/C18H30N4O7S/c1-3-9(2)14(18(28)29)21-15(25)11(8-30)20-16(26)12-5-4-6-22(12)17(27)10(19)7-13(23)24/h9-12,14,30H,3-8,19H2,1-2H3,(H,20,26)(H,21,25)(H,23,24)(H,28,29). The molecule has 0 aliphatic carbocycles. The van der Waals surface area contributed by atoms with Crippen molar-refractivity contribution < 1.29 is 34.2 Å². The SMILES string of the molecule is CCC(C)C(NC(=O)C(CS)NC(=O)C1CCCN1C(=O)C(N)CC(=O)O)C(=O)O. The zero-order valence-corrected chi connectivity index (χ0v) is 17.9. The van der Waals surface area contributed by atoms with Gasteiger partial charge in [0, 0.05) is 12.3 Å². The highest BCUT2D eigenvalue weighted by molar-refractivity contribution is 7.80. The van der Waals surface area contributed by atoms with E-state index in [4.69, 9.17) is 10.8 Å². The van der Waals surface area contributed by atoms with Gasteiger partial charge in [-0.25, -0.2) is 4.79 Å². The molecule has 6 N–H and O–H groups in total. The average molecular weight is 447 g/mol. The number of thiol groups is 1. The smallest absolute Gasteiger partial charge is 0.326 e. The molecule has 30 heavy (non-hydrogen) atoms. The molecule has 11 nitrogen and oxygen atoms in total. The van der Waals surface area contributed by atoms with Crippen molar-refractivity contribution in [2.75, 3.05) is 12.3 Å². The van der Waals surface area contributed by atoms with Gasteiger partial charge in [0.25, 0.3) is 0 Å². The van der Waals surface area contributed by atoms with Crippen LogP contribution in [0.25, 0.3) is 0 Å². The third kappa shape index (κ3) is 6.87. The van der Waals surface area contributed by atoms with Crippen LogP contribution in [0, 0.1) is 5.92 Å². The van der Waals surface area contributed by atoms with Crippen molar-refractivity contribution in [3.05, 3.63) is 0 Å². The topological polar surface area (TPSA) is 179 Å². The van der Waals surface area contributed by atoms with Gasteiger partial charge in [-0.2, -0.15) is 12.6 Å². The molecule has 0 saturated carbocycles. The summed E-state index contributed by atoms with van der Waals surface area (Å²) in [6.45, 7) is 3.73. The van der Waals surface area contributed by atoms with Crippen LogP contribution in [0.5, 0.6) is 0 Å². The summed E-state index contributed by atoms with van der Waals surface area (Å²) in [6, 6.07) is -4.37. The van der Waals surface area contributed by atoms with Crippen molar-refractivity contribution in [2.24, 2.45) is 11.7 Å². The summed E-state index contributed by atoms with van der Waals surface area (Å²) >= 11 is 4.07. The zero-order valence-electron chi connectivity index (χ0n) is 17.0. The highest BCUT2D eigenvalue weighted by atomic mass is 32.1. The van der Waals surface area contributed by atoms with Crippen LogP contribution in [0.4, 0.5) is 0 Å². The molecule has 5 atom stereocenters. The van der Waals surface area contributed by atoms with Crippen LogP contribution in [0.3, 0.4) is 0 Å². The summed E-state index contributed by atoms with van der Waals surface area (Å²) in [4.78, 5) is 61.0. The maximum Gasteiger partial charge on any atom is 0.326 e. The normalized spacial score (nSPS) is 20.0. The number of hydrogen-bond donors (Lipinski definition) is 6. The zero-order chi connectivity index (χ0) is 23.0. The number of amides is 3. The van der Waals surface area contributed by atoms with Crippen LogP contribution in [-0.2, 0) is 24.0 Å². The lowest BCUT2D eigenvalue weighted by Gasteiger charge is -2.28. The fourth-order valence-corrected chi connectivity index (χ4v) is 3.45. The summed E-state index contributed by atoms with van der Waals surface area (Å²) < 4.78 is 0. The number of likely N-dealkylation sites (tertiary alicyclic amines) is 1. The van der Waals surface area contributed by atoms with Crippen molar-refractivity contribution in [1.29, 1.82) is 0 Å². The lowest BCUT2D eigenvalue weighted by atomic mass is 9.99. The number of aliphatic carboxylic acids is 2. The van der Waals surface area contributed by atoms with Crippen LogP contribution < -0.4 is 16.4 Å². The van der Waals surface area contributed by atoms with Gasteiger partial charge in [-0.15, -0.1) is 0 Å². The summed E-state index contributed by atoms with van der Waals surface area (Å²) in [5.74, 6) is -4.74. The molecule has 1 aliphatic rings. The first-order valence-electron chi connectivity index (χ1n) is 9.75. The van der Waals surface area contributed by atoms with E-state index in [-0.39, 0.29) is 18.2 Å². The number of carboxylic acids is 2. The van der Waals surface area contributed by atoms with E-state index in [2.05, 4.69) is 23.3 Å². The average Bonchev–Trinajstić information content (AvgIpc) is 3.17. The molecule has 1 fully saturated rings. The van der Waals surface area contributed by atoms with E-state index in [1.54, 1.807) is 13.8 Å². The van der Waals surface area contributed by atoms with Crippen molar-refractivity contribution in [2.45, 2.75) is 63.7 Å². The first-order chi connectivity index (χ1) is 14.0. The Hall–Kier alpha value is -2.34. The van der Waals surface area contributed by atoms with Gasteiger partial charge in [0.2, 0.25) is 17.7 Å². The number of nitrogens with one attached hydrogen (secondary N) is 2. The molecule has 12 heteroatoms. The van der Waals surface area contributed by atoms with Gasteiger partial charge in [0.15, 0.2) is 0 Å². The van der Waals surface area contributed by atoms with Crippen molar-refractivity contribution in [3.63, 3.8) is 0 Å². The fourth-order valence-electron chi connectivity index (χ4n) is 3.19. The summed E-state index contributed by atoms with van der Waals surface area (Å²) in [7, 11) is 0. The fraction of sp³-hybridized carbons (Fsp3) is 0.722. The summed E-state index contributed by atoms with van der Waals surface area (Å²) in [6.07, 6.45) is 0.835. The second-order valence-electron chi connectivity index (χ2n) is 7.35. The Morgan fingerprint density at radius 2 is 1.83 bits per heavy atom. The number of hydrogen-bond acceptors (Lipinski definition) is 7. The molecule has 1 aliphatic heterocycles. The first kappa shape index (κ1) is 25.7. The lowest BCUT2D eigenvalue weighted by Crippen LogP contribution is -2.58. The molecular formula is C18H30N4O7S. The largest absolute Gasteiger partial charge is 0.481 e. The molecule has 1 heterocycles. The monoisotopic (exact) mass is 446 g/mol. The van der Waals surface area contributed by atoms with Crippen molar-refractivity contribution in [1.82, 2.24) is 15.5 Å². The van der Waals surface area contributed by atoms with Gasteiger partial charge >= 0.3 is 11.9 Å². The van der Waals surface area contributed by atoms with Gasteiger partial charge in [-0.1, -0.05) is 20.3 Å². The van der Waals surface area contributed by atoms with Crippen LogP contribution in [-0.4, -0.2) is 81.2 Å². The minimum Gasteiger partial charge on any atom is -0.481 e. The Kier molecular flexibility index (Phi) is 10.1. The van der Waals surface area contributed by atoms with E-state index in [0.29, 0.717) is 19.3 Å². The Morgan fingerprint density at radius 3 is 2.33 bits per heavy atom. The van der Waals surface area contributed by atoms with Gasteiger partial charge < -0.3 is 31.5 Å². The number of carbonyl (C=O) groups is 5. The Labute approximate surface area is 180 Å². The molecule has 5 unspecified atom stereocenters. The van der Waals surface area contributed by atoms with Crippen LogP contribution in [0.2, 0.25) is 0 Å². The molecule has 3 amide bonds. The quantitative estimate of drug-likeness (QED) is 0.214. The van der Waals surface area contributed by atoms with E-state index in [9.17, 15) is 29.1 Å². The van der Waals surface area contributed by atoms with Gasteiger partial charge in [-0.3, -0.25) is 19.2 Å². The molecule has 0 aromatic carbocycles. The Bertz CT molecular complexity index is 675. The van der Waals surface area contributed by atoms with Crippen LogP contribution in [0.15, 0.2) is 0 Å². The third-order valence-corrected chi connectivity index (χ3v) is 5.51. The second kappa shape index (κ2) is 11.7. The lowest BCUT2D eigenvalue weighted by molar-refractivity contribution is -0.144. The van der Waals surface area contributed by atoms with Gasteiger partial charge in [-0.05, 0) is 18.8 Å². The molecule has 0 aromatic rings. The number of carboxylic acid groups (broad SMARTS) is 2. The molecule has 1 rings (SSSR count). The van der Waals surface area contributed by atoms with E-state index >= 15 is 0 Å². The number of nitrogens with two attached hydrogens (primary N) is 1. The van der Waals surface area contributed by atoms with E-state index in [1.165, 1.54) is 4.90 Å². The molecule has 0 bridgehead atoms. The predicted octanol–water partition coefficient (Wildman–Crippen LogP) is -1.19. The maximum absolute atomic E-state index is 12.7. The van der Waals surface area contributed by atoms with Crippen molar-refractivity contribution >= 4 is 42.3 Å². The minimum absolute atomic E-state index is 0.0797. The van der Waals surface area contributed by atoms with E-state index < -0.39 is 60.2 Å². The van der Waals surface area contributed by atoms with E-state index in [0.717, 1.165) is 0 Å². The molecule has 170 valence electrons. The van der Waals surface area contributed by atoms with Gasteiger partial charge in [0.1, 0.15) is 18.1 Å². The summed E-state index contributed by atoms with van der Waals surface area (Å²) in [5.41, 5.74) is 5.62. The number of nitrogens with zero attached hydrogens (tertiary/aromatic N) is 1. The highest BCUT2D eigenvalue weighted by Crippen LogP contribution is 2.19. The second-order valence-corrected chi connectivity index (χ2v) is 7.71. The Balaban J connectivity index is 2.81. The first-order valence-corrected chi connectivity index (χ1v) is 10.4. The van der Waals surface area contributed by atoms with Crippen LogP contribution in [0.1, 0.15) is 39.5 Å². The van der Waals surface area contributed by atoms with Crippen LogP contribution >= 0.6 is 12.6 Å².